The van der Waals surface area contributed by atoms with E-state index in [0.717, 1.165) is 30.6 Å². The number of carbonyl (C=O) groups excluding carboxylic acids is 1. The van der Waals surface area contributed by atoms with E-state index < -0.39 is 12.0 Å². The molecule has 1 aliphatic rings. The van der Waals surface area contributed by atoms with Crippen molar-refractivity contribution in [3.8, 4) is 5.69 Å². The fraction of sp³-hybridized carbons (Fsp3) is 0.500. The number of carboxylic acids is 1. The Kier molecular flexibility index (Phi) is 7.04. The molecule has 1 amide bonds. The summed E-state index contributed by atoms with van der Waals surface area (Å²) in [5, 5.41) is 19.9. The third-order valence-corrected chi connectivity index (χ3v) is 5.73. The third kappa shape index (κ3) is 5.23. The zero-order chi connectivity index (χ0) is 20.8. The maximum atomic E-state index is 12.6. The van der Waals surface area contributed by atoms with Crippen LogP contribution in [0, 0.1) is 5.92 Å². The Morgan fingerprint density at radius 1 is 1.24 bits per heavy atom. The van der Waals surface area contributed by atoms with Crippen LogP contribution in [0.3, 0.4) is 0 Å². The number of carbonyl (C=O) groups is 2. The maximum absolute atomic E-state index is 12.6. The smallest absolute Gasteiger partial charge is 0.320 e. The highest BCUT2D eigenvalue weighted by molar-refractivity contribution is 5.92. The van der Waals surface area contributed by atoms with Gasteiger partial charge in [-0.3, -0.25) is 14.9 Å². The summed E-state index contributed by atoms with van der Waals surface area (Å²) in [4.78, 5) is 24.0. The number of para-hydroxylation sites is 1. The van der Waals surface area contributed by atoms with Crippen LogP contribution in [0.25, 0.3) is 5.69 Å². The number of aliphatic carboxylic acids is 1. The second-order valence-electron chi connectivity index (χ2n) is 7.81. The molecule has 2 atom stereocenters. The van der Waals surface area contributed by atoms with Gasteiger partial charge in [0, 0.05) is 12.0 Å². The fourth-order valence-electron chi connectivity index (χ4n) is 3.83. The summed E-state index contributed by atoms with van der Waals surface area (Å²) in [6, 6.07) is 10.9. The van der Waals surface area contributed by atoms with Crippen LogP contribution in [0.5, 0.6) is 0 Å². The van der Waals surface area contributed by atoms with Gasteiger partial charge in [0.05, 0.1) is 17.9 Å². The lowest BCUT2D eigenvalue weighted by Gasteiger charge is -2.19. The first-order valence-corrected chi connectivity index (χ1v) is 10.4. The first-order chi connectivity index (χ1) is 14.0. The Morgan fingerprint density at radius 2 is 1.93 bits per heavy atom. The van der Waals surface area contributed by atoms with Crippen LogP contribution in [0.4, 0.5) is 5.82 Å². The molecule has 0 bridgehead atoms. The third-order valence-electron chi connectivity index (χ3n) is 5.73. The van der Waals surface area contributed by atoms with E-state index in [1.165, 1.54) is 12.8 Å². The van der Waals surface area contributed by atoms with Crippen LogP contribution in [-0.2, 0) is 9.59 Å². The van der Waals surface area contributed by atoms with Gasteiger partial charge in [-0.2, -0.15) is 5.10 Å². The Labute approximate surface area is 171 Å². The Hall–Kier alpha value is -2.67. The molecule has 29 heavy (non-hydrogen) atoms. The van der Waals surface area contributed by atoms with E-state index in [-0.39, 0.29) is 18.4 Å². The molecule has 1 aromatic heterocycles. The van der Waals surface area contributed by atoms with Crippen molar-refractivity contribution in [2.45, 2.75) is 57.9 Å². The largest absolute Gasteiger partial charge is 0.480 e. The van der Waals surface area contributed by atoms with E-state index in [1.807, 2.05) is 50.2 Å². The number of nitrogens with zero attached hydrogens (tertiary/aromatic N) is 2. The first kappa shape index (κ1) is 21.0. The standard InChI is InChI=1S/C22H30N4O3/c1-3-15(2)21(22(28)29)23-14-20(27)24-19-13-18(16-9-7-8-10-16)25-26(19)17-11-5-4-6-12-17/h4-6,11-13,15-16,21,23H,3,7-10,14H2,1-2H3,(H,24,27)(H,28,29)/t15-,21-/m0/s1. The van der Waals surface area contributed by atoms with Gasteiger partial charge in [-0.15, -0.1) is 0 Å². The van der Waals surface area contributed by atoms with Gasteiger partial charge in [-0.1, -0.05) is 51.3 Å². The highest BCUT2D eigenvalue weighted by Gasteiger charge is 2.25. The molecule has 7 nitrogen and oxygen atoms in total. The Balaban J connectivity index is 1.75. The molecule has 3 N–H and O–H groups in total. The van der Waals surface area contributed by atoms with Crippen molar-refractivity contribution >= 4 is 17.7 Å². The van der Waals surface area contributed by atoms with Crippen LogP contribution in [-0.4, -0.2) is 39.4 Å². The predicted octanol–water partition coefficient (Wildman–Crippen LogP) is 3.56. The van der Waals surface area contributed by atoms with Crippen molar-refractivity contribution in [2.75, 3.05) is 11.9 Å². The minimum absolute atomic E-state index is 0.0656. The van der Waals surface area contributed by atoms with Gasteiger partial charge < -0.3 is 10.4 Å². The summed E-state index contributed by atoms with van der Waals surface area (Å²) in [6.07, 6.45) is 5.38. The van der Waals surface area contributed by atoms with E-state index >= 15 is 0 Å². The normalized spacial score (nSPS) is 16.5. The van der Waals surface area contributed by atoms with Crippen LogP contribution in [0.2, 0.25) is 0 Å². The number of benzene rings is 1. The van der Waals surface area contributed by atoms with Crippen molar-refractivity contribution in [2.24, 2.45) is 5.92 Å². The van der Waals surface area contributed by atoms with Gasteiger partial charge in [0.1, 0.15) is 11.9 Å². The molecule has 0 radical (unpaired) electrons. The lowest BCUT2D eigenvalue weighted by Crippen LogP contribution is -2.45. The molecule has 0 aliphatic heterocycles. The van der Waals surface area contributed by atoms with Gasteiger partial charge in [0.25, 0.3) is 0 Å². The molecule has 1 aliphatic carbocycles. The van der Waals surface area contributed by atoms with Crippen LogP contribution >= 0.6 is 0 Å². The number of nitrogens with one attached hydrogen (secondary N) is 2. The minimum atomic E-state index is -0.940. The quantitative estimate of drug-likeness (QED) is 0.600. The molecule has 0 unspecified atom stereocenters. The van der Waals surface area contributed by atoms with E-state index in [0.29, 0.717) is 11.7 Å². The molecule has 7 heteroatoms. The topological polar surface area (TPSA) is 96.3 Å². The van der Waals surface area contributed by atoms with Crippen molar-refractivity contribution in [3.05, 3.63) is 42.1 Å². The molecule has 1 fully saturated rings. The molecule has 0 saturated heterocycles. The highest BCUT2D eigenvalue weighted by atomic mass is 16.4. The molecule has 156 valence electrons. The lowest BCUT2D eigenvalue weighted by molar-refractivity contribution is -0.140. The van der Waals surface area contributed by atoms with Gasteiger partial charge in [-0.25, -0.2) is 4.68 Å². The SMILES string of the molecule is CC[C@H](C)[C@H](NCC(=O)Nc1cc(C2CCCC2)nn1-c1ccccc1)C(=O)O. The average molecular weight is 399 g/mol. The van der Waals surface area contributed by atoms with E-state index in [4.69, 9.17) is 5.10 Å². The summed E-state index contributed by atoms with van der Waals surface area (Å²) >= 11 is 0. The van der Waals surface area contributed by atoms with Crippen LogP contribution in [0.15, 0.2) is 36.4 Å². The second kappa shape index (κ2) is 9.69. The van der Waals surface area contributed by atoms with E-state index in [2.05, 4.69) is 10.6 Å². The second-order valence-corrected chi connectivity index (χ2v) is 7.81. The zero-order valence-corrected chi connectivity index (χ0v) is 17.1. The minimum Gasteiger partial charge on any atom is -0.480 e. The first-order valence-electron chi connectivity index (χ1n) is 10.4. The summed E-state index contributed by atoms with van der Waals surface area (Å²) < 4.78 is 1.76. The predicted molar refractivity (Wildman–Crippen MR) is 112 cm³/mol. The van der Waals surface area contributed by atoms with Crippen LogP contribution in [0.1, 0.15) is 57.6 Å². The molecule has 0 spiro atoms. The summed E-state index contributed by atoms with van der Waals surface area (Å²) in [5.74, 6) is -0.250. The Bertz CT molecular complexity index is 828. The summed E-state index contributed by atoms with van der Waals surface area (Å²) in [6.45, 7) is 3.73. The monoisotopic (exact) mass is 398 g/mol. The molecule has 2 aromatic rings. The number of anilines is 1. The summed E-state index contributed by atoms with van der Waals surface area (Å²) in [7, 11) is 0. The van der Waals surface area contributed by atoms with Crippen molar-refractivity contribution in [3.63, 3.8) is 0 Å². The number of amides is 1. The molecule has 1 heterocycles. The molecule has 1 aromatic carbocycles. The Morgan fingerprint density at radius 3 is 2.55 bits per heavy atom. The number of hydrogen-bond donors (Lipinski definition) is 3. The van der Waals surface area contributed by atoms with Gasteiger partial charge >= 0.3 is 5.97 Å². The van der Waals surface area contributed by atoms with E-state index in [9.17, 15) is 14.7 Å². The lowest BCUT2D eigenvalue weighted by atomic mass is 9.99. The van der Waals surface area contributed by atoms with Crippen molar-refractivity contribution in [1.82, 2.24) is 15.1 Å². The number of rotatable bonds is 9. The molecular weight excluding hydrogens is 368 g/mol. The number of hydrogen-bond acceptors (Lipinski definition) is 4. The average Bonchev–Trinajstić information content (AvgIpc) is 3.38. The maximum Gasteiger partial charge on any atom is 0.320 e. The van der Waals surface area contributed by atoms with E-state index in [1.54, 1.807) is 4.68 Å². The number of aromatic nitrogens is 2. The van der Waals surface area contributed by atoms with Gasteiger partial charge in [0.15, 0.2) is 0 Å². The van der Waals surface area contributed by atoms with Gasteiger partial charge in [0.2, 0.25) is 5.91 Å². The molecule has 1 saturated carbocycles. The van der Waals surface area contributed by atoms with Gasteiger partial charge in [-0.05, 0) is 30.9 Å². The zero-order valence-electron chi connectivity index (χ0n) is 17.1. The van der Waals surface area contributed by atoms with Crippen molar-refractivity contribution < 1.29 is 14.7 Å². The summed E-state index contributed by atoms with van der Waals surface area (Å²) in [5.41, 5.74) is 1.88. The van der Waals surface area contributed by atoms with Crippen molar-refractivity contribution in [1.29, 1.82) is 0 Å². The van der Waals surface area contributed by atoms with Crippen LogP contribution < -0.4 is 10.6 Å². The molecular formula is C22H30N4O3. The number of carboxylic acid groups (broad SMARTS) is 1. The highest BCUT2D eigenvalue weighted by Crippen LogP contribution is 2.35. The fourth-order valence-corrected chi connectivity index (χ4v) is 3.83. The molecule has 3 rings (SSSR count).